The second-order valence-corrected chi connectivity index (χ2v) is 4.81. The fourth-order valence-electron chi connectivity index (χ4n) is 2.06. The van der Waals surface area contributed by atoms with Gasteiger partial charge in [-0.3, -0.25) is 4.48 Å². The molecule has 1 saturated heterocycles. The van der Waals surface area contributed by atoms with Crippen LogP contribution in [-0.2, 0) is 4.74 Å². The first-order valence-electron chi connectivity index (χ1n) is 5.54. The topological polar surface area (TPSA) is 9.23 Å². The molecular formula is C11H24NO+. The van der Waals surface area contributed by atoms with Crippen molar-refractivity contribution >= 4 is 0 Å². The van der Waals surface area contributed by atoms with Crippen molar-refractivity contribution in [3.05, 3.63) is 0 Å². The van der Waals surface area contributed by atoms with Gasteiger partial charge in [0.2, 0.25) is 0 Å². The van der Waals surface area contributed by atoms with Crippen molar-refractivity contribution in [3.8, 4) is 0 Å². The van der Waals surface area contributed by atoms with Crippen LogP contribution in [0.1, 0.15) is 40.5 Å². The number of likely N-dealkylation sites (tertiary alicyclic amines) is 1. The number of hydrogen-bond donors (Lipinski definition) is 0. The van der Waals surface area contributed by atoms with E-state index in [1.807, 2.05) is 0 Å². The van der Waals surface area contributed by atoms with E-state index in [0.717, 1.165) is 6.73 Å². The largest absolute Gasteiger partial charge is 0.329 e. The van der Waals surface area contributed by atoms with Gasteiger partial charge in [0, 0.05) is 12.8 Å². The minimum absolute atomic E-state index is 0.370. The molecule has 1 heterocycles. The standard InChI is InChI=1S/C11H24NO/c1-10(2)12(7-5-6-8-12)9-13-11(3)4/h10-11H,5-9H2,1-4H3/q+1. The normalized spacial score (nSPS) is 21.7. The zero-order valence-electron chi connectivity index (χ0n) is 9.55. The highest BCUT2D eigenvalue weighted by Crippen LogP contribution is 2.23. The molecule has 1 aliphatic heterocycles. The molecule has 0 spiro atoms. The average Bonchev–Trinajstić information content (AvgIpc) is 2.50. The van der Waals surface area contributed by atoms with Crippen LogP contribution in [0.25, 0.3) is 0 Å². The van der Waals surface area contributed by atoms with Crippen molar-refractivity contribution in [3.63, 3.8) is 0 Å². The van der Waals surface area contributed by atoms with Gasteiger partial charge in [-0.2, -0.15) is 0 Å². The second-order valence-electron chi connectivity index (χ2n) is 4.81. The molecule has 0 atom stereocenters. The molecule has 0 amide bonds. The molecule has 0 aliphatic carbocycles. The van der Waals surface area contributed by atoms with E-state index in [1.54, 1.807) is 0 Å². The van der Waals surface area contributed by atoms with Crippen molar-refractivity contribution in [2.24, 2.45) is 0 Å². The molecule has 0 aromatic carbocycles. The maximum Gasteiger partial charge on any atom is 0.183 e. The van der Waals surface area contributed by atoms with Gasteiger partial charge in [0.05, 0.1) is 25.2 Å². The minimum atomic E-state index is 0.370. The fraction of sp³-hybridized carbons (Fsp3) is 1.00. The first-order valence-corrected chi connectivity index (χ1v) is 5.54. The van der Waals surface area contributed by atoms with Gasteiger partial charge in [-0.05, 0) is 27.7 Å². The van der Waals surface area contributed by atoms with Crippen LogP contribution in [0.3, 0.4) is 0 Å². The predicted molar refractivity (Wildman–Crippen MR) is 55.5 cm³/mol. The monoisotopic (exact) mass is 186 g/mol. The molecule has 0 aromatic rings. The Morgan fingerprint density at radius 1 is 1.08 bits per heavy atom. The third kappa shape index (κ3) is 2.68. The summed E-state index contributed by atoms with van der Waals surface area (Å²) in [4.78, 5) is 0. The summed E-state index contributed by atoms with van der Waals surface area (Å²) >= 11 is 0. The summed E-state index contributed by atoms with van der Waals surface area (Å²) in [7, 11) is 0. The highest BCUT2D eigenvalue weighted by Gasteiger charge is 2.35. The smallest absolute Gasteiger partial charge is 0.183 e. The van der Waals surface area contributed by atoms with Crippen LogP contribution < -0.4 is 0 Å². The second kappa shape index (κ2) is 4.43. The molecule has 0 saturated carbocycles. The van der Waals surface area contributed by atoms with Gasteiger partial charge in [-0.1, -0.05) is 0 Å². The van der Waals surface area contributed by atoms with Crippen LogP contribution in [0.2, 0.25) is 0 Å². The predicted octanol–water partition coefficient (Wildman–Crippen LogP) is 2.39. The van der Waals surface area contributed by atoms with E-state index in [0.29, 0.717) is 12.1 Å². The van der Waals surface area contributed by atoms with Crippen LogP contribution in [0.5, 0.6) is 0 Å². The number of hydrogen-bond acceptors (Lipinski definition) is 1. The molecule has 0 bridgehead atoms. The maximum absolute atomic E-state index is 5.76. The molecule has 13 heavy (non-hydrogen) atoms. The summed E-state index contributed by atoms with van der Waals surface area (Å²) in [6.07, 6.45) is 3.12. The Bertz CT molecular complexity index is 148. The molecule has 1 fully saturated rings. The van der Waals surface area contributed by atoms with E-state index < -0.39 is 0 Å². The Kier molecular flexibility index (Phi) is 3.74. The van der Waals surface area contributed by atoms with Crippen molar-refractivity contribution < 1.29 is 9.22 Å². The van der Waals surface area contributed by atoms with Crippen LogP contribution in [0.4, 0.5) is 0 Å². The zero-order valence-corrected chi connectivity index (χ0v) is 9.55. The van der Waals surface area contributed by atoms with E-state index in [2.05, 4.69) is 27.7 Å². The molecule has 1 aliphatic rings. The van der Waals surface area contributed by atoms with Gasteiger partial charge >= 0.3 is 0 Å². The van der Waals surface area contributed by atoms with E-state index in [9.17, 15) is 0 Å². The summed E-state index contributed by atoms with van der Waals surface area (Å²) in [6.45, 7) is 12.4. The number of rotatable bonds is 4. The van der Waals surface area contributed by atoms with Crippen LogP contribution >= 0.6 is 0 Å². The van der Waals surface area contributed by atoms with Crippen molar-refractivity contribution in [1.82, 2.24) is 0 Å². The lowest BCUT2D eigenvalue weighted by molar-refractivity contribution is -0.954. The molecule has 0 N–H and O–H groups in total. The first-order chi connectivity index (χ1) is 6.07. The van der Waals surface area contributed by atoms with Gasteiger partial charge in [0.1, 0.15) is 0 Å². The third-order valence-corrected chi connectivity index (χ3v) is 3.22. The summed E-state index contributed by atoms with van der Waals surface area (Å²) < 4.78 is 6.94. The summed E-state index contributed by atoms with van der Waals surface area (Å²) in [5, 5.41) is 0. The Balaban J connectivity index is 2.47. The Morgan fingerprint density at radius 2 is 1.62 bits per heavy atom. The lowest BCUT2D eigenvalue weighted by atomic mass is 10.3. The van der Waals surface area contributed by atoms with Gasteiger partial charge < -0.3 is 4.74 Å². The lowest BCUT2D eigenvalue weighted by Gasteiger charge is -2.38. The molecular weight excluding hydrogens is 162 g/mol. The molecule has 0 aromatic heterocycles. The van der Waals surface area contributed by atoms with Gasteiger partial charge in [0.15, 0.2) is 6.73 Å². The number of ether oxygens (including phenoxy) is 1. The summed E-state index contributed by atoms with van der Waals surface area (Å²) in [6, 6.07) is 0.709. The lowest BCUT2D eigenvalue weighted by Crippen LogP contribution is -2.52. The van der Waals surface area contributed by atoms with Crippen molar-refractivity contribution in [2.45, 2.75) is 52.7 Å². The minimum Gasteiger partial charge on any atom is -0.329 e. The molecule has 2 heteroatoms. The maximum atomic E-state index is 5.76. The van der Waals surface area contributed by atoms with Crippen LogP contribution in [0, 0.1) is 0 Å². The fourth-order valence-corrected chi connectivity index (χ4v) is 2.06. The molecule has 78 valence electrons. The quantitative estimate of drug-likeness (QED) is 0.613. The summed E-state index contributed by atoms with van der Waals surface area (Å²) in [5.74, 6) is 0. The summed E-state index contributed by atoms with van der Waals surface area (Å²) in [5.41, 5.74) is 0. The van der Waals surface area contributed by atoms with E-state index >= 15 is 0 Å². The van der Waals surface area contributed by atoms with Crippen LogP contribution in [-0.4, -0.2) is 36.4 Å². The van der Waals surface area contributed by atoms with Crippen molar-refractivity contribution in [1.29, 1.82) is 0 Å². The molecule has 0 radical (unpaired) electrons. The van der Waals surface area contributed by atoms with Gasteiger partial charge in [0.25, 0.3) is 0 Å². The first kappa shape index (κ1) is 11.0. The van der Waals surface area contributed by atoms with E-state index in [4.69, 9.17) is 4.74 Å². The van der Waals surface area contributed by atoms with E-state index in [-0.39, 0.29) is 0 Å². The van der Waals surface area contributed by atoms with Crippen molar-refractivity contribution in [2.75, 3.05) is 19.8 Å². The zero-order chi connectivity index (χ0) is 9.90. The Labute approximate surface area is 82.5 Å². The Morgan fingerprint density at radius 3 is 2.00 bits per heavy atom. The molecule has 1 rings (SSSR count). The molecule has 2 nitrogen and oxygen atoms in total. The highest BCUT2D eigenvalue weighted by atomic mass is 16.5. The molecule has 0 unspecified atom stereocenters. The van der Waals surface area contributed by atoms with Gasteiger partial charge in [-0.25, -0.2) is 0 Å². The van der Waals surface area contributed by atoms with Crippen LogP contribution in [0.15, 0.2) is 0 Å². The Hall–Kier alpha value is -0.0800. The SMILES string of the molecule is CC(C)OC[N+]1(C(C)C)CCCC1. The third-order valence-electron chi connectivity index (χ3n) is 3.22. The highest BCUT2D eigenvalue weighted by molar-refractivity contribution is 4.56. The average molecular weight is 186 g/mol. The number of quaternary nitrogens is 1. The van der Waals surface area contributed by atoms with E-state index in [1.165, 1.54) is 30.4 Å². The number of nitrogens with zero attached hydrogens (tertiary/aromatic N) is 1. The van der Waals surface area contributed by atoms with Gasteiger partial charge in [-0.15, -0.1) is 0 Å².